The van der Waals surface area contributed by atoms with Gasteiger partial charge in [0.2, 0.25) is 0 Å². The molecule has 0 aromatic heterocycles. The first-order valence-corrected chi connectivity index (χ1v) is 11.0. The van der Waals surface area contributed by atoms with Crippen LogP contribution in [0.4, 0.5) is 0 Å². The van der Waals surface area contributed by atoms with E-state index in [0.717, 1.165) is 19.3 Å². The number of carbonyl (C=O) groups excluding carboxylic acids is 1. The highest BCUT2D eigenvalue weighted by Crippen LogP contribution is 2.10. The second-order valence-electron chi connectivity index (χ2n) is 7.74. The lowest BCUT2D eigenvalue weighted by atomic mass is 10.1. The Morgan fingerprint density at radius 3 is 1.88 bits per heavy atom. The number of unbranched alkanes of at least 4 members (excludes halogenated alkanes) is 11. The van der Waals surface area contributed by atoms with E-state index in [1.807, 2.05) is 0 Å². The molecule has 0 heterocycles. The average Bonchev–Trinajstić information content (AvgIpc) is 2.58. The smallest absolute Gasteiger partial charge is 0.305 e. The van der Waals surface area contributed by atoms with Crippen LogP contribution in [0.3, 0.4) is 0 Å². The fourth-order valence-corrected chi connectivity index (χ4v) is 2.82. The molecule has 0 saturated heterocycles. The predicted molar refractivity (Wildman–Crippen MR) is 110 cm³/mol. The molecule has 0 bridgehead atoms. The number of carbonyl (C=O) groups is 1. The average molecular weight is 353 g/mol. The van der Waals surface area contributed by atoms with Gasteiger partial charge in [0, 0.05) is 6.42 Å². The summed E-state index contributed by atoms with van der Waals surface area (Å²) in [5, 5.41) is 0. The van der Waals surface area contributed by atoms with E-state index in [4.69, 9.17) is 4.74 Å². The van der Waals surface area contributed by atoms with Crippen molar-refractivity contribution in [1.29, 1.82) is 0 Å². The Bertz CT molecular complexity index is 307. The second kappa shape index (κ2) is 19.5. The van der Waals surface area contributed by atoms with Crippen LogP contribution < -0.4 is 0 Å². The van der Waals surface area contributed by atoms with Crippen molar-refractivity contribution in [3.8, 4) is 0 Å². The van der Waals surface area contributed by atoms with Crippen molar-refractivity contribution in [3.05, 3.63) is 12.2 Å². The van der Waals surface area contributed by atoms with Crippen molar-refractivity contribution < 1.29 is 9.53 Å². The molecule has 0 aromatic carbocycles. The quantitative estimate of drug-likeness (QED) is 0.144. The first-order chi connectivity index (χ1) is 12.2. The lowest BCUT2D eigenvalue weighted by Gasteiger charge is -2.06. The molecule has 0 fully saturated rings. The number of rotatable bonds is 18. The molecule has 2 heteroatoms. The van der Waals surface area contributed by atoms with Gasteiger partial charge in [-0.15, -0.1) is 0 Å². The van der Waals surface area contributed by atoms with Crippen LogP contribution in [-0.4, -0.2) is 12.6 Å². The third-order valence-electron chi connectivity index (χ3n) is 4.60. The van der Waals surface area contributed by atoms with Gasteiger partial charge in [-0.2, -0.15) is 0 Å². The van der Waals surface area contributed by atoms with E-state index in [0.29, 0.717) is 18.9 Å². The fraction of sp³-hybridized carbons (Fsp3) is 0.870. The van der Waals surface area contributed by atoms with Crippen LogP contribution >= 0.6 is 0 Å². The zero-order valence-electron chi connectivity index (χ0n) is 17.4. The molecule has 0 rings (SSSR count). The molecule has 0 N–H and O–H groups in total. The third-order valence-corrected chi connectivity index (χ3v) is 4.60. The highest BCUT2D eigenvalue weighted by Gasteiger charge is 2.03. The van der Waals surface area contributed by atoms with Crippen LogP contribution in [0.15, 0.2) is 12.2 Å². The standard InChI is InChI=1S/C23H44O2/c1-4-5-6-7-8-9-10-11-12-13-14-15-16-17-18-19-23(24)25-21-20-22(2)3/h10-11,22H,4-9,12-21H2,1-3H3/b11-10+. The van der Waals surface area contributed by atoms with Gasteiger partial charge in [0.15, 0.2) is 0 Å². The summed E-state index contributed by atoms with van der Waals surface area (Å²) in [4.78, 5) is 11.5. The molecule has 0 amide bonds. The van der Waals surface area contributed by atoms with Crippen molar-refractivity contribution in [2.24, 2.45) is 5.92 Å². The van der Waals surface area contributed by atoms with Crippen LogP contribution in [0.2, 0.25) is 0 Å². The Morgan fingerprint density at radius 1 is 0.800 bits per heavy atom. The van der Waals surface area contributed by atoms with E-state index in [1.54, 1.807) is 0 Å². The highest BCUT2D eigenvalue weighted by molar-refractivity contribution is 5.69. The minimum Gasteiger partial charge on any atom is -0.466 e. The van der Waals surface area contributed by atoms with Crippen molar-refractivity contribution in [2.45, 2.75) is 117 Å². The Hall–Kier alpha value is -0.790. The number of hydrogen-bond acceptors (Lipinski definition) is 2. The lowest BCUT2D eigenvalue weighted by Crippen LogP contribution is -2.07. The van der Waals surface area contributed by atoms with Gasteiger partial charge >= 0.3 is 5.97 Å². The molecule has 0 aromatic rings. The van der Waals surface area contributed by atoms with Crippen LogP contribution in [0.5, 0.6) is 0 Å². The minimum absolute atomic E-state index is 0.0134. The Labute approximate surface area is 157 Å². The molecule has 0 spiro atoms. The molecule has 0 aliphatic heterocycles. The van der Waals surface area contributed by atoms with Gasteiger partial charge in [0.1, 0.15) is 0 Å². The molecule has 25 heavy (non-hydrogen) atoms. The van der Waals surface area contributed by atoms with Crippen molar-refractivity contribution >= 4 is 5.97 Å². The van der Waals surface area contributed by atoms with E-state index < -0.39 is 0 Å². The van der Waals surface area contributed by atoms with E-state index in [1.165, 1.54) is 70.6 Å². The zero-order valence-corrected chi connectivity index (χ0v) is 17.4. The van der Waals surface area contributed by atoms with Crippen LogP contribution in [0.1, 0.15) is 117 Å². The molecule has 0 unspecified atom stereocenters. The fourth-order valence-electron chi connectivity index (χ4n) is 2.82. The Balaban J connectivity index is 3.19. The first kappa shape index (κ1) is 24.2. The van der Waals surface area contributed by atoms with Gasteiger partial charge in [-0.25, -0.2) is 0 Å². The Kier molecular flexibility index (Phi) is 18.9. The van der Waals surface area contributed by atoms with E-state index in [9.17, 15) is 4.79 Å². The molecular formula is C23H44O2. The normalized spacial score (nSPS) is 11.5. The predicted octanol–water partition coefficient (Wildman–Crippen LogP) is 7.61. The van der Waals surface area contributed by atoms with Gasteiger partial charge in [0.25, 0.3) is 0 Å². The molecular weight excluding hydrogens is 308 g/mol. The maximum Gasteiger partial charge on any atom is 0.305 e. The minimum atomic E-state index is -0.0134. The van der Waals surface area contributed by atoms with Crippen molar-refractivity contribution in [2.75, 3.05) is 6.61 Å². The van der Waals surface area contributed by atoms with Crippen molar-refractivity contribution in [1.82, 2.24) is 0 Å². The van der Waals surface area contributed by atoms with Gasteiger partial charge < -0.3 is 4.74 Å². The van der Waals surface area contributed by atoms with E-state index in [-0.39, 0.29) is 5.97 Å². The topological polar surface area (TPSA) is 26.3 Å². The third kappa shape index (κ3) is 21.2. The summed E-state index contributed by atoms with van der Waals surface area (Å²) < 4.78 is 5.23. The monoisotopic (exact) mass is 352 g/mol. The molecule has 0 saturated carbocycles. The summed E-state index contributed by atoms with van der Waals surface area (Å²) in [6.07, 6.45) is 23.0. The SMILES string of the molecule is CCCCCCC/C=C/CCCCCCCCC(=O)OCCC(C)C. The van der Waals surface area contributed by atoms with Crippen LogP contribution in [0, 0.1) is 5.92 Å². The van der Waals surface area contributed by atoms with Gasteiger partial charge in [-0.05, 0) is 44.4 Å². The molecule has 0 aliphatic rings. The summed E-state index contributed by atoms with van der Waals surface area (Å²) in [7, 11) is 0. The zero-order chi connectivity index (χ0) is 18.6. The molecule has 0 radical (unpaired) electrons. The van der Waals surface area contributed by atoms with Crippen molar-refractivity contribution in [3.63, 3.8) is 0 Å². The summed E-state index contributed by atoms with van der Waals surface area (Å²) in [6, 6.07) is 0. The second-order valence-corrected chi connectivity index (χ2v) is 7.74. The lowest BCUT2D eigenvalue weighted by molar-refractivity contribution is -0.144. The molecule has 0 atom stereocenters. The van der Waals surface area contributed by atoms with Crippen LogP contribution in [0.25, 0.3) is 0 Å². The first-order valence-electron chi connectivity index (χ1n) is 11.0. The summed E-state index contributed by atoms with van der Waals surface area (Å²) in [5.74, 6) is 0.592. The maximum atomic E-state index is 11.5. The van der Waals surface area contributed by atoms with E-state index >= 15 is 0 Å². The summed E-state index contributed by atoms with van der Waals surface area (Å²) in [6.45, 7) is 7.15. The summed E-state index contributed by atoms with van der Waals surface area (Å²) >= 11 is 0. The van der Waals surface area contributed by atoms with Gasteiger partial charge in [-0.1, -0.05) is 84.3 Å². The largest absolute Gasteiger partial charge is 0.466 e. The number of allylic oxidation sites excluding steroid dienone is 2. The maximum absolute atomic E-state index is 11.5. The highest BCUT2D eigenvalue weighted by atomic mass is 16.5. The number of ether oxygens (including phenoxy) is 1. The number of hydrogen-bond donors (Lipinski definition) is 0. The molecule has 2 nitrogen and oxygen atoms in total. The van der Waals surface area contributed by atoms with Crippen LogP contribution in [-0.2, 0) is 9.53 Å². The number of esters is 1. The molecule has 0 aliphatic carbocycles. The van der Waals surface area contributed by atoms with E-state index in [2.05, 4.69) is 32.9 Å². The van der Waals surface area contributed by atoms with Gasteiger partial charge in [0.05, 0.1) is 6.61 Å². The van der Waals surface area contributed by atoms with Gasteiger partial charge in [-0.3, -0.25) is 4.79 Å². The Morgan fingerprint density at radius 2 is 1.32 bits per heavy atom. The molecule has 148 valence electrons. The summed E-state index contributed by atoms with van der Waals surface area (Å²) in [5.41, 5.74) is 0.